The van der Waals surface area contributed by atoms with E-state index >= 15 is 0 Å². The Bertz CT molecular complexity index is 1620. The van der Waals surface area contributed by atoms with Gasteiger partial charge in [0.2, 0.25) is 0 Å². The molecule has 1 heterocycles. The van der Waals surface area contributed by atoms with Crippen molar-refractivity contribution in [2.75, 3.05) is 17.2 Å². The molecule has 202 valence electrons. The molecule has 1 aliphatic rings. The molecule has 0 saturated carbocycles. The standard InChI is InChI=1S/C29H27FNO6PS/c30-26-12-9-23(10-13-26)24-11-14-29-25(16-24)15-22(19-31(29)18-21-5-2-1-3-6-21)20-39(35,36)28-8-4-7-27(17-28)37-38(32,33)34/h1-14,16-17,22H,15,18-20H2,(H2,32,33,34)/t22-/m1/s1. The van der Waals surface area contributed by atoms with Gasteiger partial charge < -0.3 is 9.42 Å². The number of fused-ring (bicyclic) bond motifs is 1. The van der Waals surface area contributed by atoms with Crippen molar-refractivity contribution in [3.8, 4) is 16.9 Å². The van der Waals surface area contributed by atoms with Crippen molar-refractivity contribution >= 4 is 23.3 Å². The number of hydrogen-bond acceptors (Lipinski definition) is 5. The SMILES string of the molecule is O=P(O)(O)Oc1cccc(S(=O)(=O)C[C@@H]2Cc3cc(-c4ccc(F)cc4)ccc3N(Cc3ccccc3)C2)c1. The largest absolute Gasteiger partial charge is 0.524 e. The van der Waals surface area contributed by atoms with Gasteiger partial charge >= 0.3 is 7.82 Å². The molecule has 0 saturated heterocycles. The molecular formula is C29H27FNO6PS. The van der Waals surface area contributed by atoms with E-state index in [0.29, 0.717) is 19.5 Å². The summed E-state index contributed by atoms with van der Waals surface area (Å²) in [4.78, 5) is 20.3. The monoisotopic (exact) mass is 567 g/mol. The zero-order valence-corrected chi connectivity index (χ0v) is 22.6. The summed E-state index contributed by atoms with van der Waals surface area (Å²) in [6.07, 6.45) is 0.521. The fraction of sp³-hybridized carbons (Fsp3) is 0.172. The molecular weight excluding hydrogens is 540 g/mol. The smallest absolute Gasteiger partial charge is 0.404 e. The molecule has 0 unspecified atom stereocenters. The molecule has 0 bridgehead atoms. The van der Waals surface area contributed by atoms with Gasteiger partial charge in [-0.3, -0.25) is 9.79 Å². The Morgan fingerprint density at radius 3 is 2.33 bits per heavy atom. The number of halogens is 1. The molecule has 7 nitrogen and oxygen atoms in total. The molecule has 2 N–H and O–H groups in total. The van der Waals surface area contributed by atoms with E-state index in [4.69, 9.17) is 9.79 Å². The van der Waals surface area contributed by atoms with Crippen LogP contribution in [-0.4, -0.2) is 30.5 Å². The van der Waals surface area contributed by atoms with E-state index < -0.39 is 17.7 Å². The topological polar surface area (TPSA) is 104 Å². The van der Waals surface area contributed by atoms with Gasteiger partial charge in [-0.15, -0.1) is 0 Å². The third-order valence-corrected chi connectivity index (χ3v) is 8.98. The molecule has 1 atom stereocenters. The van der Waals surface area contributed by atoms with Crippen LogP contribution in [0.2, 0.25) is 0 Å². The average molecular weight is 568 g/mol. The molecule has 39 heavy (non-hydrogen) atoms. The van der Waals surface area contributed by atoms with E-state index in [1.807, 2.05) is 48.5 Å². The van der Waals surface area contributed by atoms with Crippen LogP contribution in [0, 0.1) is 11.7 Å². The zero-order valence-electron chi connectivity index (χ0n) is 20.9. The first kappa shape index (κ1) is 27.1. The third kappa shape index (κ3) is 6.75. The molecule has 0 radical (unpaired) electrons. The first-order valence-electron chi connectivity index (χ1n) is 12.3. The maximum Gasteiger partial charge on any atom is 0.524 e. The molecule has 0 amide bonds. The van der Waals surface area contributed by atoms with Gasteiger partial charge in [0.25, 0.3) is 0 Å². The first-order chi connectivity index (χ1) is 18.6. The molecule has 4 aromatic rings. The van der Waals surface area contributed by atoms with Crippen LogP contribution in [0.4, 0.5) is 10.1 Å². The van der Waals surface area contributed by atoms with Crippen molar-refractivity contribution in [3.63, 3.8) is 0 Å². The summed E-state index contributed by atoms with van der Waals surface area (Å²) in [5.41, 5.74) is 4.90. The van der Waals surface area contributed by atoms with Crippen LogP contribution in [0.3, 0.4) is 0 Å². The van der Waals surface area contributed by atoms with Crippen LogP contribution in [0.1, 0.15) is 11.1 Å². The van der Waals surface area contributed by atoms with E-state index in [2.05, 4.69) is 9.42 Å². The number of rotatable bonds is 8. The fourth-order valence-corrected chi connectivity index (χ4v) is 7.00. The minimum absolute atomic E-state index is 0.0612. The lowest BCUT2D eigenvalue weighted by Gasteiger charge is -2.36. The summed E-state index contributed by atoms with van der Waals surface area (Å²) >= 11 is 0. The van der Waals surface area contributed by atoms with Gasteiger partial charge in [-0.1, -0.05) is 54.6 Å². The number of hydrogen-bond donors (Lipinski definition) is 2. The highest BCUT2D eigenvalue weighted by molar-refractivity contribution is 7.91. The van der Waals surface area contributed by atoms with Gasteiger partial charge in [-0.2, -0.15) is 0 Å². The minimum atomic E-state index is -4.83. The van der Waals surface area contributed by atoms with Crippen LogP contribution in [0.15, 0.2) is 102 Å². The second kappa shape index (κ2) is 10.9. The van der Waals surface area contributed by atoms with E-state index in [9.17, 15) is 17.4 Å². The zero-order chi connectivity index (χ0) is 27.6. The third-order valence-electron chi connectivity index (χ3n) is 6.65. The molecule has 5 rings (SSSR count). The van der Waals surface area contributed by atoms with Crippen LogP contribution in [-0.2, 0) is 27.4 Å². The van der Waals surface area contributed by atoms with E-state index in [1.165, 1.54) is 30.3 Å². The lowest BCUT2D eigenvalue weighted by atomic mass is 9.90. The summed E-state index contributed by atoms with van der Waals surface area (Å²) in [5.74, 6) is -0.932. The van der Waals surface area contributed by atoms with Crippen molar-refractivity contribution in [1.82, 2.24) is 0 Å². The Morgan fingerprint density at radius 2 is 1.62 bits per heavy atom. The summed E-state index contributed by atoms with van der Waals surface area (Å²) < 4.78 is 56.1. The fourth-order valence-electron chi connectivity index (χ4n) is 5.00. The molecule has 4 aromatic carbocycles. The van der Waals surface area contributed by atoms with Crippen LogP contribution >= 0.6 is 7.82 Å². The van der Waals surface area contributed by atoms with Crippen LogP contribution in [0.5, 0.6) is 5.75 Å². The van der Waals surface area contributed by atoms with Crippen molar-refractivity contribution in [2.45, 2.75) is 17.9 Å². The Balaban J connectivity index is 1.45. The van der Waals surface area contributed by atoms with Crippen molar-refractivity contribution in [2.24, 2.45) is 5.92 Å². The van der Waals surface area contributed by atoms with Gasteiger partial charge in [0, 0.05) is 18.8 Å². The van der Waals surface area contributed by atoms with Gasteiger partial charge in [-0.25, -0.2) is 17.4 Å². The Labute approximate surface area is 226 Å². The molecule has 0 aromatic heterocycles. The molecule has 0 spiro atoms. The molecule has 0 aliphatic carbocycles. The quantitative estimate of drug-likeness (QED) is 0.267. The van der Waals surface area contributed by atoms with Crippen LogP contribution in [0.25, 0.3) is 11.1 Å². The Hall–Kier alpha value is -3.49. The number of nitrogens with zero attached hydrogens (tertiary/aromatic N) is 1. The number of benzene rings is 4. The number of anilines is 1. The first-order valence-corrected chi connectivity index (χ1v) is 15.5. The summed E-state index contributed by atoms with van der Waals surface area (Å²) in [6.45, 7) is 1.11. The van der Waals surface area contributed by atoms with Crippen LogP contribution < -0.4 is 9.42 Å². The maximum atomic E-state index is 13.5. The predicted molar refractivity (Wildman–Crippen MR) is 148 cm³/mol. The highest BCUT2D eigenvalue weighted by Crippen LogP contribution is 2.39. The summed E-state index contributed by atoms with van der Waals surface area (Å²) in [6, 6.07) is 27.5. The lowest BCUT2D eigenvalue weighted by molar-refractivity contribution is 0.283. The lowest BCUT2D eigenvalue weighted by Crippen LogP contribution is -2.38. The molecule has 1 aliphatic heterocycles. The molecule has 10 heteroatoms. The average Bonchev–Trinajstić information content (AvgIpc) is 2.88. The van der Waals surface area contributed by atoms with E-state index in [1.54, 1.807) is 12.1 Å². The van der Waals surface area contributed by atoms with E-state index in [-0.39, 0.29) is 28.1 Å². The number of phosphoric ester groups is 1. The van der Waals surface area contributed by atoms with Gasteiger partial charge in [0.05, 0.1) is 10.6 Å². The number of phosphoric acid groups is 1. The maximum absolute atomic E-state index is 13.5. The van der Waals surface area contributed by atoms with Gasteiger partial charge in [0.1, 0.15) is 11.6 Å². The Kier molecular flexibility index (Phi) is 7.60. The normalized spacial score (nSPS) is 15.6. The summed E-state index contributed by atoms with van der Waals surface area (Å²) in [7, 11) is -8.63. The summed E-state index contributed by atoms with van der Waals surface area (Å²) in [5, 5.41) is 0. The van der Waals surface area contributed by atoms with Gasteiger partial charge in [0.15, 0.2) is 9.84 Å². The highest BCUT2D eigenvalue weighted by atomic mass is 32.2. The number of sulfone groups is 1. The van der Waals surface area contributed by atoms with Crippen molar-refractivity contribution in [3.05, 3.63) is 114 Å². The second-order valence-corrected chi connectivity index (χ2v) is 12.8. The highest BCUT2D eigenvalue weighted by Gasteiger charge is 2.30. The van der Waals surface area contributed by atoms with Gasteiger partial charge in [-0.05, 0) is 77.1 Å². The molecule has 0 fully saturated rings. The van der Waals surface area contributed by atoms with Crippen molar-refractivity contribution < 1.29 is 31.7 Å². The minimum Gasteiger partial charge on any atom is -0.404 e. The van der Waals surface area contributed by atoms with E-state index in [0.717, 1.165) is 34.0 Å². The second-order valence-electron chi connectivity index (χ2n) is 9.62. The van der Waals surface area contributed by atoms with Crippen molar-refractivity contribution in [1.29, 1.82) is 0 Å². The Morgan fingerprint density at radius 1 is 0.897 bits per heavy atom. The predicted octanol–water partition coefficient (Wildman–Crippen LogP) is 5.62.